The van der Waals surface area contributed by atoms with Gasteiger partial charge in [0.15, 0.2) is 17.2 Å². The maximum atomic E-state index is 14.4. The molecule has 3 aliphatic rings. The summed E-state index contributed by atoms with van der Waals surface area (Å²) in [4.78, 5) is 37.6. The molecule has 3 saturated heterocycles. The summed E-state index contributed by atoms with van der Waals surface area (Å²) in [5, 5.41) is 0. The van der Waals surface area contributed by atoms with Gasteiger partial charge in [0, 0.05) is 37.7 Å². The van der Waals surface area contributed by atoms with E-state index in [-0.39, 0.29) is 17.4 Å². The van der Waals surface area contributed by atoms with Gasteiger partial charge in [-0.15, -0.1) is 0 Å². The van der Waals surface area contributed by atoms with E-state index in [1.54, 1.807) is 29.0 Å². The number of amides is 2. The Labute approximate surface area is 178 Å². The first-order valence-electron chi connectivity index (χ1n) is 10.4. The summed E-state index contributed by atoms with van der Waals surface area (Å²) in [7, 11) is 0. The first-order chi connectivity index (χ1) is 14.9. The molecule has 3 fully saturated rings. The van der Waals surface area contributed by atoms with Crippen LogP contribution in [0.5, 0.6) is 0 Å². The molecule has 1 spiro atoms. The molecule has 0 saturated carbocycles. The molecule has 2 unspecified atom stereocenters. The molecule has 1 aromatic heterocycles. The Morgan fingerprint density at radius 2 is 1.97 bits per heavy atom. The molecule has 0 bridgehead atoms. The molecule has 0 radical (unpaired) electrons. The Morgan fingerprint density at radius 3 is 2.71 bits per heavy atom. The lowest BCUT2D eigenvalue weighted by molar-refractivity contribution is -0.142. The summed E-state index contributed by atoms with van der Waals surface area (Å²) in [6, 6.07) is 5.08. The number of rotatable bonds is 2. The van der Waals surface area contributed by atoms with Gasteiger partial charge in [0.05, 0.1) is 6.04 Å². The Balaban J connectivity index is 1.32. The lowest BCUT2D eigenvalue weighted by atomic mass is 9.89. The van der Waals surface area contributed by atoms with Gasteiger partial charge in [-0.2, -0.15) is 0 Å². The molecule has 3 aliphatic heterocycles. The third-order valence-corrected chi connectivity index (χ3v) is 6.51. The molecule has 2 amide bonds. The van der Waals surface area contributed by atoms with E-state index in [1.807, 2.05) is 0 Å². The van der Waals surface area contributed by atoms with E-state index in [2.05, 4.69) is 9.97 Å². The van der Waals surface area contributed by atoms with Crippen molar-refractivity contribution < 1.29 is 23.1 Å². The Hall–Kier alpha value is -2.94. The Kier molecular flexibility index (Phi) is 4.73. The van der Waals surface area contributed by atoms with Gasteiger partial charge in [-0.1, -0.05) is 12.1 Å². The van der Waals surface area contributed by atoms with Crippen LogP contribution in [0.25, 0.3) is 0 Å². The van der Waals surface area contributed by atoms with Gasteiger partial charge in [0.25, 0.3) is 11.8 Å². The van der Waals surface area contributed by atoms with Gasteiger partial charge in [-0.25, -0.2) is 18.7 Å². The highest BCUT2D eigenvalue weighted by molar-refractivity contribution is 5.93. The third-order valence-electron chi connectivity index (χ3n) is 6.51. The quantitative estimate of drug-likeness (QED) is 0.735. The fourth-order valence-electron chi connectivity index (χ4n) is 4.94. The molecule has 9 heteroatoms. The highest BCUT2D eigenvalue weighted by Crippen LogP contribution is 2.48. The molecule has 5 rings (SSSR count). The monoisotopic (exact) mass is 428 g/mol. The number of piperidine rings is 1. The van der Waals surface area contributed by atoms with Crippen molar-refractivity contribution in [1.82, 2.24) is 19.8 Å². The third kappa shape index (κ3) is 3.18. The van der Waals surface area contributed by atoms with E-state index >= 15 is 0 Å². The number of likely N-dealkylation sites (tertiary alicyclic amines) is 1. The topological polar surface area (TPSA) is 75.6 Å². The highest BCUT2D eigenvalue weighted by Gasteiger charge is 2.58. The number of nitrogens with zero attached hydrogens (tertiary/aromatic N) is 4. The minimum absolute atomic E-state index is 0.184. The molecular weight excluding hydrogens is 406 g/mol. The highest BCUT2D eigenvalue weighted by atomic mass is 19.2. The number of carbonyl (C=O) groups is 2. The minimum atomic E-state index is -1.02. The van der Waals surface area contributed by atoms with Gasteiger partial charge in [0.2, 0.25) is 0 Å². The summed E-state index contributed by atoms with van der Waals surface area (Å²) in [5.74, 6) is -1.72. The summed E-state index contributed by atoms with van der Waals surface area (Å²) >= 11 is 0. The van der Waals surface area contributed by atoms with Crippen LogP contribution in [0, 0.1) is 18.6 Å². The second-order valence-corrected chi connectivity index (χ2v) is 8.30. The number of benzene rings is 1. The Bertz CT molecular complexity index is 1050. The number of halogens is 2. The zero-order valence-corrected chi connectivity index (χ0v) is 17.1. The van der Waals surface area contributed by atoms with E-state index in [0.29, 0.717) is 50.3 Å². The van der Waals surface area contributed by atoms with Crippen LogP contribution in [0.1, 0.15) is 53.6 Å². The van der Waals surface area contributed by atoms with Crippen LogP contribution >= 0.6 is 0 Å². The van der Waals surface area contributed by atoms with Crippen LogP contribution in [0.4, 0.5) is 8.78 Å². The predicted octanol–water partition coefficient (Wildman–Crippen LogP) is 2.76. The molecule has 2 atom stereocenters. The van der Waals surface area contributed by atoms with Crippen molar-refractivity contribution in [2.45, 2.75) is 50.5 Å². The molecule has 4 heterocycles. The zero-order valence-electron chi connectivity index (χ0n) is 17.1. The first kappa shape index (κ1) is 20.0. The lowest BCUT2D eigenvalue weighted by Crippen LogP contribution is -2.51. The largest absolute Gasteiger partial charge is 0.342 e. The molecule has 0 N–H and O–H groups in total. The summed E-state index contributed by atoms with van der Waals surface area (Å²) in [5.41, 5.74) is -0.515. The second kappa shape index (κ2) is 7.33. The van der Waals surface area contributed by atoms with E-state index in [1.165, 1.54) is 12.1 Å². The Morgan fingerprint density at radius 1 is 1.19 bits per heavy atom. The summed E-state index contributed by atoms with van der Waals surface area (Å²) < 4.78 is 34.3. The van der Waals surface area contributed by atoms with Crippen LogP contribution in [0.3, 0.4) is 0 Å². The average molecular weight is 428 g/mol. The van der Waals surface area contributed by atoms with Gasteiger partial charge < -0.3 is 14.5 Å². The van der Waals surface area contributed by atoms with Crippen molar-refractivity contribution in [2.75, 3.05) is 13.1 Å². The van der Waals surface area contributed by atoms with Crippen LogP contribution in [0.15, 0.2) is 30.5 Å². The van der Waals surface area contributed by atoms with Gasteiger partial charge in [-0.3, -0.25) is 9.59 Å². The van der Waals surface area contributed by atoms with E-state index in [4.69, 9.17) is 4.74 Å². The first-order valence-corrected chi connectivity index (χ1v) is 10.4. The van der Waals surface area contributed by atoms with Crippen LogP contribution in [0.2, 0.25) is 0 Å². The number of aromatic nitrogens is 2. The maximum Gasteiger partial charge on any atom is 0.272 e. The molecule has 31 heavy (non-hydrogen) atoms. The fraction of sp³-hybridized carbons (Fsp3) is 0.455. The molecule has 2 aromatic rings. The van der Waals surface area contributed by atoms with Crippen molar-refractivity contribution in [3.05, 3.63) is 59.2 Å². The van der Waals surface area contributed by atoms with E-state index in [0.717, 1.165) is 6.07 Å². The standard InChI is InChI=1S/C22H22F2N4O3/c1-13-25-10-7-16(26-13)20(29)27-11-8-22(9-12-27)21(30)28-17(5-6-18(28)31-22)14-3-2-4-15(23)19(14)24/h2-4,7,10,17-18H,5-6,8-9,11-12H2,1H3. The lowest BCUT2D eigenvalue weighted by Gasteiger charge is -2.37. The van der Waals surface area contributed by atoms with E-state index in [9.17, 15) is 18.4 Å². The number of carbonyl (C=O) groups excluding carboxylic acids is 2. The maximum absolute atomic E-state index is 14.4. The summed E-state index contributed by atoms with van der Waals surface area (Å²) in [6.45, 7) is 2.43. The number of hydrogen-bond donors (Lipinski definition) is 0. The molecule has 162 valence electrons. The fourth-order valence-corrected chi connectivity index (χ4v) is 4.94. The number of hydrogen-bond acceptors (Lipinski definition) is 5. The molecule has 1 aromatic carbocycles. The van der Waals surface area contributed by atoms with Crippen molar-refractivity contribution in [3.8, 4) is 0 Å². The predicted molar refractivity (Wildman–Crippen MR) is 105 cm³/mol. The number of ether oxygens (including phenoxy) is 1. The average Bonchev–Trinajstić information content (AvgIpc) is 3.28. The van der Waals surface area contributed by atoms with Gasteiger partial charge in [0.1, 0.15) is 17.7 Å². The molecule has 0 aliphatic carbocycles. The normalized spacial score (nSPS) is 24.7. The number of fused-ring (bicyclic) bond motifs is 1. The minimum Gasteiger partial charge on any atom is -0.342 e. The number of aryl methyl sites for hydroxylation is 1. The van der Waals surface area contributed by atoms with Crippen molar-refractivity contribution in [1.29, 1.82) is 0 Å². The van der Waals surface area contributed by atoms with Crippen molar-refractivity contribution in [3.63, 3.8) is 0 Å². The van der Waals surface area contributed by atoms with Crippen LogP contribution in [-0.2, 0) is 9.53 Å². The molecular formula is C22H22F2N4O3. The van der Waals surface area contributed by atoms with Gasteiger partial charge >= 0.3 is 0 Å². The van der Waals surface area contributed by atoms with Crippen LogP contribution < -0.4 is 0 Å². The van der Waals surface area contributed by atoms with Gasteiger partial charge in [-0.05, 0) is 31.9 Å². The zero-order chi connectivity index (χ0) is 21.8. The summed E-state index contributed by atoms with van der Waals surface area (Å²) in [6.07, 6.45) is 2.89. The van der Waals surface area contributed by atoms with Crippen molar-refractivity contribution in [2.24, 2.45) is 0 Å². The van der Waals surface area contributed by atoms with E-state index < -0.39 is 29.5 Å². The second-order valence-electron chi connectivity index (χ2n) is 8.30. The smallest absolute Gasteiger partial charge is 0.272 e. The van der Waals surface area contributed by atoms with Crippen LogP contribution in [-0.4, -0.2) is 56.5 Å². The molecule has 7 nitrogen and oxygen atoms in total. The van der Waals surface area contributed by atoms with Crippen molar-refractivity contribution >= 4 is 11.8 Å². The SMILES string of the molecule is Cc1nccc(C(=O)N2CCC3(CC2)OC2CCC(c4cccc(F)c4F)N2C3=O)n1.